The number of anilines is 1. The summed E-state index contributed by atoms with van der Waals surface area (Å²) in [5.74, 6) is 6.70. The Labute approximate surface area is 191 Å². The van der Waals surface area contributed by atoms with Gasteiger partial charge in [0.05, 0.1) is 48.1 Å². The van der Waals surface area contributed by atoms with Gasteiger partial charge in [0.25, 0.3) is 0 Å². The number of benzene rings is 2. The van der Waals surface area contributed by atoms with Crippen molar-refractivity contribution in [2.75, 3.05) is 18.7 Å². The number of rotatable bonds is 5. The summed E-state index contributed by atoms with van der Waals surface area (Å²) in [6.45, 7) is 1.98. The van der Waals surface area contributed by atoms with Crippen LogP contribution in [-0.2, 0) is 17.6 Å². The van der Waals surface area contributed by atoms with Crippen LogP contribution < -0.4 is 21.3 Å². The second kappa shape index (κ2) is 9.06. The molecule has 0 atom stereocenters. The lowest BCUT2D eigenvalue weighted by Crippen LogP contribution is -2.33. The first-order valence-electron chi connectivity index (χ1n) is 10.4. The van der Waals surface area contributed by atoms with Crippen LogP contribution in [0, 0.1) is 11.3 Å². The van der Waals surface area contributed by atoms with Crippen LogP contribution in [0.15, 0.2) is 60.2 Å². The first-order chi connectivity index (χ1) is 16.0. The summed E-state index contributed by atoms with van der Waals surface area (Å²) < 4.78 is 12.4. The first kappa shape index (κ1) is 21.9. The molecule has 0 unspecified atom stereocenters. The van der Waals surface area contributed by atoms with Crippen molar-refractivity contribution in [3.05, 3.63) is 82.7 Å². The van der Waals surface area contributed by atoms with Crippen LogP contribution in [0.1, 0.15) is 34.2 Å². The third-order valence-corrected chi connectivity index (χ3v) is 5.48. The van der Waals surface area contributed by atoms with Gasteiger partial charge < -0.3 is 15.2 Å². The zero-order valence-corrected chi connectivity index (χ0v) is 18.4. The Kier molecular flexibility index (Phi) is 6.02. The van der Waals surface area contributed by atoms with E-state index in [2.05, 4.69) is 11.1 Å². The summed E-state index contributed by atoms with van der Waals surface area (Å²) in [7, 11) is 1.58. The number of carbonyl (C=O) groups excluding carboxylic acids is 1. The van der Waals surface area contributed by atoms with Crippen LogP contribution in [-0.4, -0.2) is 29.2 Å². The van der Waals surface area contributed by atoms with E-state index in [0.29, 0.717) is 40.5 Å². The molecule has 168 valence electrons. The number of esters is 1. The minimum atomic E-state index is -0.508. The molecule has 2 aromatic carbocycles. The quantitative estimate of drug-likeness (QED) is 0.453. The number of hydrogen-bond acceptors (Lipinski definition) is 8. The number of hydrazine groups is 1. The predicted octanol–water partition coefficient (Wildman–Crippen LogP) is 2.58. The van der Waals surface area contributed by atoms with Crippen molar-refractivity contribution in [3.8, 4) is 17.5 Å². The Bertz CT molecular complexity index is 1290. The molecular weight excluding hydrogens is 420 g/mol. The van der Waals surface area contributed by atoms with E-state index in [9.17, 15) is 10.1 Å². The summed E-state index contributed by atoms with van der Waals surface area (Å²) >= 11 is 0. The van der Waals surface area contributed by atoms with Crippen LogP contribution in [0.3, 0.4) is 0 Å². The molecule has 33 heavy (non-hydrogen) atoms. The van der Waals surface area contributed by atoms with E-state index in [-0.39, 0.29) is 18.7 Å². The number of nitrogens with two attached hydrogens (primary N) is 2. The van der Waals surface area contributed by atoms with Crippen LogP contribution in [0.25, 0.3) is 5.69 Å². The summed E-state index contributed by atoms with van der Waals surface area (Å²) in [6, 6.07) is 14.8. The molecule has 0 aliphatic carbocycles. The summed E-state index contributed by atoms with van der Waals surface area (Å²) in [5.41, 5.74) is 11.3. The van der Waals surface area contributed by atoms with Crippen LogP contribution in [0.5, 0.6) is 5.75 Å². The Morgan fingerprint density at radius 2 is 2.06 bits per heavy atom. The highest BCUT2D eigenvalue weighted by Gasteiger charge is 2.29. The Hall–Kier alpha value is -4.29. The molecule has 0 amide bonds. The normalized spacial score (nSPS) is 13.9. The molecule has 0 radical (unpaired) electrons. The van der Waals surface area contributed by atoms with Gasteiger partial charge in [-0.2, -0.15) is 5.26 Å². The molecule has 2 heterocycles. The highest BCUT2D eigenvalue weighted by molar-refractivity contribution is 5.89. The fourth-order valence-corrected chi connectivity index (χ4v) is 3.88. The van der Waals surface area contributed by atoms with Gasteiger partial charge >= 0.3 is 5.97 Å². The molecule has 9 heteroatoms. The molecule has 1 aliphatic rings. The van der Waals surface area contributed by atoms with Gasteiger partial charge in [-0.25, -0.2) is 15.6 Å². The monoisotopic (exact) mass is 444 g/mol. The standard InChI is InChI=1S/C24H24N6O3/c1-3-33-24(31)23-22-12-20(18(26)10-15-5-4-6-16(9-15)13-25)30(27)21-11-17(32-2)7-8-19(21)29(22)14-28-23/h4-9,11,14H,3,10,12,26-27H2,1-2H3/b20-18-. The van der Waals surface area contributed by atoms with Crippen LogP contribution in [0.2, 0.25) is 0 Å². The number of aromatic nitrogens is 2. The van der Waals surface area contributed by atoms with Gasteiger partial charge in [0, 0.05) is 24.6 Å². The lowest BCUT2D eigenvalue weighted by atomic mass is 10.0. The fraction of sp³-hybridized carbons (Fsp3) is 0.208. The zero-order valence-electron chi connectivity index (χ0n) is 18.4. The number of fused-ring (bicyclic) bond motifs is 3. The second-order valence-electron chi connectivity index (χ2n) is 7.49. The lowest BCUT2D eigenvalue weighted by molar-refractivity contribution is 0.0519. The molecule has 1 aromatic heterocycles. The Morgan fingerprint density at radius 3 is 2.79 bits per heavy atom. The highest BCUT2D eigenvalue weighted by Crippen LogP contribution is 2.36. The van der Waals surface area contributed by atoms with Gasteiger partial charge in [-0.3, -0.25) is 9.58 Å². The molecule has 3 aromatic rings. The SMILES string of the molecule is CCOC(=O)c1ncn2c1C/C(=C(/N)Cc1cccc(C#N)c1)N(N)c1cc(OC)ccc1-2. The molecule has 0 bridgehead atoms. The summed E-state index contributed by atoms with van der Waals surface area (Å²) in [4.78, 5) is 16.9. The maximum atomic E-state index is 12.6. The maximum absolute atomic E-state index is 12.6. The second-order valence-corrected chi connectivity index (χ2v) is 7.49. The molecule has 0 saturated carbocycles. The number of hydrogen-bond donors (Lipinski definition) is 2. The zero-order chi connectivity index (χ0) is 23.5. The van der Waals surface area contributed by atoms with E-state index >= 15 is 0 Å². The number of nitriles is 1. The number of methoxy groups -OCH3 is 1. The number of imidazole rings is 1. The van der Waals surface area contributed by atoms with Gasteiger partial charge in [0.15, 0.2) is 5.69 Å². The first-order valence-corrected chi connectivity index (χ1v) is 10.4. The molecule has 4 N–H and O–H groups in total. The van der Waals surface area contributed by atoms with E-state index in [1.165, 1.54) is 5.01 Å². The molecule has 1 aliphatic heterocycles. The number of ether oxygens (including phenoxy) is 2. The van der Waals surface area contributed by atoms with Crippen LogP contribution in [0.4, 0.5) is 5.69 Å². The number of allylic oxidation sites excluding steroid dienone is 2. The average Bonchev–Trinajstić information content (AvgIpc) is 3.20. The molecular formula is C24H24N6O3. The largest absolute Gasteiger partial charge is 0.497 e. The number of nitrogens with zero attached hydrogens (tertiary/aromatic N) is 4. The van der Waals surface area contributed by atoms with Gasteiger partial charge in [0.2, 0.25) is 0 Å². The van der Waals surface area contributed by atoms with Gasteiger partial charge in [-0.05, 0) is 36.8 Å². The molecule has 0 fully saturated rings. The third kappa shape index (κ3) is 4.12. The topological polar surface area (TPSA) is 132 Å². The Morgan fingerprint density at radius 1 is 1.24 bits per heavy atom. The Balaban J connectivity index is 1.87. The molecule has 4 rings (SSSR count). The fourth-order valence-electron chi connectivity index (χ4n) is 3.88. The molecule has 0 saturated heterocycles. The van der Waals surface area contributed by atoms with Crippen molar-refractivity contribution < 1.29 is 14.3 Å². The van der Waals surface area contributed by atoms with Crippen molar-refractivity contribution in [1.82, 2.24) is 9.55 Å². The van der Waals surface area contributed by atoms with E-state index in [0.717, 1.165) is 11.3 Å². The minimum Gasteiger partial charge on any atom is -0.497 e. The summed E-state index contributed by atoms with van der Waals surface area (Å²) in [6.07, 6.45) is 2.21. The van der Waals surface area contributed by atoms with Crippen molar-refractivity contribution in [3.63, 3.8) is 0 Å². The predicted molar refractivity (Wildman–Crippen MR) is 123 cm³/mol. The van der Waals surface area contributed by atoms with Crippen molar-refractivity contribution in [2.45, 2.75) is 19.8 Å². The minimum absolute atomic E-state index is 0.214. The molecule has 9 nitrogen and oxygen atoms in total. The number of carbonyl (C=O) groups is 1. The van der Waals surface area contributed by atoms with E-state index in [1.54, 1.807) is 38.6 Å². The average molecular weight is 444 g/mol. The highest BCUT2D eigenvalue weighted by atomic mass is 16.5. The van der Waals surface area contributed by atoms with E-state index in [4.69, 9.17) is 21.1 Å². The van der Waals surface area contributed by atoms with Gasteiger partial charge in [-0.1, -0.05) is 12.1 Å². The van der Waals surface area contributed by atoms with Crippen molar-refractivity contribution in [1.29, 1.82) is 5.26 Å². The van der Waals surface area contributed by atoms with E-state index in [1.807, 2.05) is 28.8 Å². The lowest BCUT2D eigenvalue weighted by Gasteiger charge is -2.24. The summed E-state index contributed by atoms with van der Waals surface area (Å²) in [5, 5.41) is 10.7. The van der Waals surface area contributed by atoms with Crippen molar-refractivity contribution >= 4 is 11.7 Å². The smallest absolute Gasteiger partial charge is 0.358 e. The van der Waals surface area contributed by atoms with Crippen molar-refractivity contribution in [2.24, 2.45) is 11.6 Å². The molecule has 0 spiro atoms. The van der Waals surface area contributed by atoms with Gasteiger partial charge in [-0.15, -0.1) is 0 Å². The van der Waals surface area contributed by atoms with Gasteiger partial charge in [0.1, 0.15) is 12.1 Å². The third-order valence-electron chi connectivity index (χ3n) is 5.48. The van der Waals surface area contributed by atoms with E-state index < -0.39 is 5.97 Å². The maximum Gasteiger partial charge on any atom is 0.358 e. The van der Waals surface area contributed by atoms with Crippen LogP contribution >= 0.6 is 0 Å².